The van der Waals surface area contributed by atoms with Crippen LogP contribution in [0.1, 0.15) is 0 Å². The Hall–Kier alpha value is -2.91. The molecule has 0 saturated carbocycles. The first kappa shape index (κ1) is 23.3. The van der Waals surface area contributed by atoms with Crippen LogP contribution in [0.4, 0.5) is 0 Å². The Kier molecular flexibility index (Phi) is 7.96. The zero-order valence-electron chi connectivity index (χ0n) is 18.5. The largest absolute Gasteiger partial charge is 0.490 e. The quantitative estimate of drug-likeness (QED) is 0.526. The number of likely N-dealkylation sites (tertiary alicyclic amines) is 1. The van der Waals surface area contributed by atoms with Crippen molar-refractivity contribution in [3.63, 3.8) is 0 Å². The van der Waals surface area contributed by atoms with Gasteiger partial charge in [0.1, 0.15) is 18.5 Å². The van der Waals surface area contributed by atoms with Crippen molar-refractivity contribution >= 4 is 17.2 Å². The summed E-state index contributed by atoms with van der Waals surface area (Å²) in [6.07, 6.45) is 2.93. The number of carboxylic acid groups (broad SMARTS) is 1. The van der Waals surface area contributed by atoms with Crippen LogP contribution >= 0.6 is 0 Å². The number of β-amino-alcohol motifs (C(OH)–C–C–N with tert-alkyl or cyclic N) is 1. The number of hydrogen-bond donors (Lipinski definition) is 2. The van der Waals surface area contributed by atoms with Crippen LogP contribution in [0.3, 0.4) is 0 Å². The molecular weight excluding hydrogens is 424 g/mol. The number of nitrogens with zero attached hydrogens (tertiary/aromatic N) is 2. The second kappa shape index (κ2) is 11.3. The topological polar surface area (TPSA) is 95.6 Å². The third-order valence-corrected chi connectivity index (χ3v) is 6.12. The fourth-order valence-corrected chi connectivity index (χ4v) is 4.47. The second-order valence-electron chi connectivity index (χ2n) is 8.26. The molecule has 5 rings (SSSR count). The number of ether oxygens (including phenoxy) is 2. The molecule has 1 atom stereocenters. The van der Waals surface area contributed by atoms with Gasteiger partial charge in [0.2, 0.25) is 0 Å². The number of carbonyl (C=O) groups is 1. The Morgan fingerprint density at radius 1 is 1.09 bits per heavy atom. The average molecular weight is 455 g/mol. The van der Waals surface area contributed by atoms with E-state index >= 15 is 0 Å². The van der Waals surface area contributed by atoms with Gasteiger partial charge in [-0.25, -0.2) is 0 Å². The first-order valence-corrected chi connectivity index (χ1v) is 11.2. The van der Waals surface area contributed by atoms with Gasteiger partial charge in [-0.1, -0.05) is 24.3 Å². The summed E-state index contributed by atoms with van der Waals surface area (Å²) >= 11 is 0. The number of furan rings is 1. The molecule has 3 heterocycles. The maximum Gasteiger partial charge on any atom is 0.290 e. The summed E-state index contributed by atoms with van der Waals surface area (Å²) in [5.74, 6) is 0.798. The summed E-state index contributed by atoms with van der Waals surface area (Å²) in [6.45, 7) is 6.41. The van der Waals surface area contributed by atoms with E-state index in [-0.39, 0.29) is 13.1 Å². The molecule has 2 N–H and O–H groups in total. The summed E-state index contributed by atoms with van der Waals surface area (Å²) < 4.78 is 16.7. The van der Waals surface area contributed by atoms with Crippen LogP contribution in [0.5, 0.6) is 5.75 Å². The number of morpholine rings is 1. The van der Waals surface area contributed by atoms with Gasteiger partial charge in [0.25, 0.3) is 6.47 Å². The third-order valence-electron chi connectivity index (χ3n) is 6.12. The second-order valence-corrected chi connectivity index (χ2v) is 8.26. The predicted molar refractivity (Wildman–Crippen MR) is 124 cm³/mol. The van der Waals surface area contributed by atoms with Crippen LogP contribution < -0.4 is 4.74 Å². The minimum atomic E-state index is -0.511. The number of benzene rings is 2. The number of hydrogen-bond acceptors (Lipinski definition) is 7. The first-order chi connectivity index (χ1) is 16.2. The zero-order valence-corrected chi connectivity index (χ0v) is 18.5. The minimum absolute atomic E-state index is 0.250. The van der Waals surface area contributed by atoms with Gasteiger partial charge in [-0.15, -0.1) is 0 Å². The monoisotopic (exact) mass is 454 g/mol. The summed E-state index contributed by atoms with van der Waals surface area (Å²) in [5.41, 5.74) is 2.16. The third kappa shape index (κ3) is 5.72. The summed E-state index contributed by atoms with van der Waals surface area (Å²) in [4.78, 5) is 13.2. The molecule has 2 fully saturated rings. The van der Waals surface area contributed by atoms with Gasteiger partial charge < -0.3 is 24.1 Å². The van der Waals surface area contributed by atoms with Crippen LogP contribution in [0, 0.1) is 0 Å². The van der Waals surface area contributed by atoms with Crippen LogP contribution in [0.25, 0.3) is 21.9 Å². The lowest BCUT2D eigenvalue weighted by molar-refractivity contribution is -0.122. The Labute approximate surface area is 192 Å². The molecule has 2 aliphatic rings. The van der Waals surface area contributed by atoms with Gasteiger partial charge in [0, 0.05) is 49.7 Å². The average Bonchev–Trinajstić information content (AvgIpc) is 3.35. The molecule has 2 saturated heterocycles. The Morgan fingerprint density at radius 3 is 2.52 bits per heavy atom. The molecule has 0 spiro atoms. The van der Waals surface area contributed by atoms with Gasteiger partial charge >= 0.3 is 0 Å². The SMILES string of the molecule is O=CO.OC(COc1ccc(-c2ccoc2)c2ccccc12)CN1CC(N2CCOCC2)C1. The van der Waals surface area contributed by atoms with E-state index in [1.165, 1.54) is 0 Å². The van der Waals surface area contributed by atoms with Crippen molar-refractivity contribution in [2.24, 2.45) is 0 Å². The highest BCUT2D eigenvalue weighted by Crippen LogP contribution is 2.34. The number of rotatable bonds is 7. The van der Waals surface area contributed by atoms with Gasteiger partial charge in [-0.2, -0.15) is 0 Å². The highest BCUT2D eigenvalue weighted by Gasteiger charge is 2.33. The van der Waals surface area contributed by atoms with E-state index in [0.717, 1.165) is 67.0 Å². The molecule has 1 unspecified atom stereocenters. The van der Waals surface area contributed by atoms with Crippen LogP contribution in [0.2, 0.25) is 0 Å². The molecule has 2 aromatic carbocycles. The van der Waals surface area contributed by atoms with Gasteiger partial charge in [-0.05, 0) is 29.1 Å². The van der Waals surface area contributed by atoms with E-state index < -0.39 is 6.10 Å². The molecule has 176 valence electrons. The lowest BCUT2D eigenvalue weighted by Crippen LogP contribution is -2.62. The summed E-state index contributed by atoms with van der Waals surface area (Å²) in [7, 11) is 0. The number of aliphatic hydroxyl groups excluding tert-OH is 1. The maximum atomic E-state index is 10.5. The highest BCUT2D eigenvalue weighted by molar-refractivity contribution is 5.99. The predicted octanol–water partition coefficient (Wildman–Crippen LogP) is 2.56. The van der Waals surface area contributed by atoms with Crippen molar-refractivity contribution in [2.75, 3.05) is 52.5 Å². The van der Waals surface area contributed by atoms with E-state index in [9.17, 15) is 5.11 Å². The molecule has 0 bridgehead atoms. The standard InChI is InChI=1S/C24H28N2O4.CH2O2/c27-20(15-25-13-19(14-25)26-8-11-28-12-9-26)17-30-24-6-5-21(18-7-10-29-16-18)22-3-1-2-4-23(22)24;2-1-3/h1-7,10,16,19-20,27H,8-9,11-15,17H2;1H,(H,2,3). The van der Waals surface area contributed by atoms with Crippen LogP contribution in [-0.4, -0.2) is 91.2 Å². The van der Waals surface area contributed by atoms with Crippen molar-refractivity contribution in [1.29, 1.82) is 0 Å². The summed E-state index contributed by atoms with van der Waals surface area (Å²) in [5, 5.41) is 19.5. The molecule has 8 nitrogen and oxygen atoms in total. The fraction of sp³-hybridized carbons (Fsp3) is 0.400. The normalized spacial score (nSPS) is 18.2. The van der Waals surface area contributed by atoms with Crippen LogP contribution in [-0.2, 0) is 9.53 Å². The fourth-order valence-electron chi connectivity index (χ4n) is 4.47. The number of fused-ring (bicyclic) bond motifs is 1. The van der Waals surface area contributed by atoms with E-state index in [1.807, 2.05) is 24.3 Å². The Bertz CT molecular complexity index is 1010. The molecule has 33 heavy (non-hydrogen) atoms. The zero-order chi connectivity index (χ0) is 23.0. The van der Waals surface area contributed by atoms with Crippen molar-refractivity contribution in [3.8, 4) is 16.9 Å². The smallest absolute Gasteiger partial charge is 0.290 e. The summed E-state index contributed by atoms with van der Waals surface area (Å²) in [6, 6.07) is 14.8. The van der Waals surface area contributed by atoms with Gasteiger partial charge in [-0.3, -0.25) is 14.6 Å². The van der Waals surface area contributed by atoms with E-state index in [1.54, 1.807) is 12.5 Å². The molecule has 1 aromatic heterocycles. The van der Waals surface area contributed by atoms with Gasteiger partial charge in [0.15, 0.2) is 0 Å². The van der Waals surface area contributed by atoms with Crippen molar-refractivity contribution in [2.45, 2.75) is 12.1 Å². The van der Waals surface area contributed by atoms with Gasteiger partial charge in [0.05, 0.1) is 25.7 Å². The highest BCUT2D eigenvalue weighted by atomic mass is 16.5. The molecule has 2 aliphatic heterocycles. The molecule has 0 aliphatic carbocycles. The molecule has 0 amide bonds. The van der Waals surface area contributed by atoms with Crippen molar-refractivity contribution in [3.05, 3.63) is 55.0 Å². The molecule has 8 heteroatoms. The molecular formula is C25H30N2O6. The minimum Gasteiger partial charge on any atom is -0.490 e. The van der Waals surface area contributed by atoms with E-state index in [2.05, 4.69) is 28.0 Å². The van der Waals surface area contributed by atoms with Crippen LogP contribution in [0.15, 0.2) is 59.4 Å². The number of aliphatic hydroxyl groups is 1. The van der Waals surface area contributed by atoms with E-state index in [4.69, 9.17) is 23.8 Å². The Morgan fingerprint density at radius 2 is 1.82 bits per heavy atom. The molecule has 3 aromatic rings. The lowest BCUT2D eigenvalue weighted by atomic mass is 9.99. The maximum absolute atomic E-state index is 10.5. The molecule has 0 radical (unpaired) electrons. The van der Waals surface area contributed by atoms with Crippen molar-refractivity contribution < 1.29 is 28.9 Å². The lowest BCUT2D eigenvalue weighted by Gasteiger charge is -2.47. The van der Waals surface area contributed by atoms with E-state index in [0.29, 0.717) is 12.6 Å². The Balaban J connectivity index is 0.000000821. The van der Waals surface area contributed by atoms with Crippen molar-refractivity contribution in [1.82, 2.24) is 9.80 Å². The first-order valence-electron chi connectivity index (χ1n) is 11.2.